The maximum absolute atomic E-state index is 5.66. The summed E-state index contributed by atoms with van der Waals surface area (Å²) in [5, 5.41) is 0. The molecule has 0 aromatic heterocycles. The van der Waals surface area contributed by atoms with E-state index in [1.54, 1.807) is 28.4 Å². The molecule has 0 heterocycles. The van der Waals surface area contributed by atoms with Gasteiger partial charge in [-0.05, 0) is 17.7 Å². The highest BCUT2D eigenvalue weighted by Gasteiger charge is 2.23. The van der Waals surface area contributed by atoms with Crippen molar-refractivity contribution in [2.75, 3.05) is 28.4 Å². The quantitative estimate of drug-likeness (QED) is 0.816. The molecule has 0 fully saturated rings. The highest BCUT2D eigenvalue weighted by molar-refractivity contribution is 5.57. The standard InChI is InChI=1S/C17H20O4/c1-18-14-11-10-13(16(20-3)17(14)21-4)15(19-2)12-8-6-5-7-9-12/h5-11,15H,1-4H3. The van der Waals surface area contributed by atoms with E-state index in [1.165, 1.54) is 0 Å². The summed E-state index contributed by atoms with van der Waals surface area (Å²) in [6, 6.07) is 13.8. The minimum atomic E-state index is -0.235. The molecule has 0 spiro atoms. The zero-order chi connectivity index (χ0) is 15.2. The molecule has 0 aliphatic heterocycles. The van der Waals surface area contributed by atoms with E-state index >= 15 is 0 Å². The second-order valence-corrected chi connectivity index (χ2v) is 4.45. The fourth-order valence-electron chi connectivity index (χ4n) is 2.40. The molecule has 4 nitrogen and oxygen atoms in total. The monoisotopic (exact) mass is 288 g/mol. The molecule has 2 aromatic rings. The predicted molar refractivity (Wildman–Crippen MR) is 81.4 cm³/mol. The Bertz CT molecular complexity index is 581. The molecule has 0 bridgehead atoms. The summed E-state index contributed by atoms with van der Waals surface area (Å²) in [5.41, 5.74) is 1.94. The summed E-state index contributed by atoms with van der Waals surface area (Å²) in [5.74, 6) is 1.81. The Balaban J connectivity index is 2.56. The van der Waals surface area contributed by atoms with Crippen molar-refractivity contribution < 1.29 is 18.9 Å². The van der Waals surface area contributed by atoms with E-state index in [4.69, 9.17) is 18.9 Å². The summed E-state index contributed by atoms with van der Waals surface area (Å²) in [6.07, 6.45) is -0.235. The van der Waals surface area contributed by atoms with Crippen molar-refractivity contribution in [2.24, 2.45) is 0 Å². The molecule has 0 aliphatic rings. The number of benzene rings is 2. The molecule has 21 heavy (non-hydrogen) atoms. The highest BCUT2D eigenvalue weighted by atomic mass is 16.5. The van der Waals surface area contributed by atoms with Crippen molar-refractivity contribution in [3.63, 3.8) is 0 Å². The van der Waals surface area contributed by atoms with E-state index in [-0.39, 0.29) is 6.10 Å². The van der Waals surface area contributed by atoms with Crippen LogP contribution < -0.4 is 14.2 Å². The topological polar surface area (TPSA) is 36.9 Å². The van der Waals surface area contributed by atoms with Gasteiger partial charge in [-0.2, -0.15) is 0 Å². The van der Waals surface area contributed by atoms with Crippen molar-refractivity contribution in [3.8, 4) is 17.2 Å². The van der Waals surface area contributed by atoms with Crippen molar-refractivity contribution in [1.82, 2.24) is 0 Å². The third kappa shape index (κ3) is 2.95. The molecule has 0 aliphatic carbocycles. The van der Waals surface area contributed by atoms with Gasteiger partial charge in [0.25, 0.3) is 0 Å². The largest absolute Gasteiger partial charge is 0.493 e. The number of ether oxygens (including phenoxy) is 4. The van der Waals surface area contributed by atoms with Crippen LogP contribution in [0.15, 0.2) is 42.5 Å². The van der Waals surface area contributed by atoms with Crippen molar-refractivity contribution in [2.45, 2.75) is 6.10 Å². The van der Waals surface area contributed by atoms with Gasteiger partial charge in [-0.25, -0.2) is 0 Å². The van der Waals surface area contributed by atoms with Gasteiger partial charge in [-0.3, -0.25) is 0 Å². The SMILES string of the molecule is COc1ccc(C(OC)c2ccccc2)c(OC)c1OC. The van der Waals surface area contributed by atoms with Gasteiger partial charge >= 0.3 is 0 Å². The van der Waals surface area contributed by atoms with Gasteiger partial charge in [0.1, 0.15) is 6.10 Å². The van der Waals surface area contributed by atoms with Gasteiger partial charge in [-0.15, -0.1) is 0 Å². The second-order valence-electron chi connectivity index (χ2n) is 4.45. The van der Waals surface area contributed by atoms with Crippen LogP contribution in [0.4, 0.5) is 0 Å². The number of methoxy groups -OCH3 is 4. The second kappa shape index (κ2) is 6.99. The molecular formula is C17H20O4. The fraction of sp³-hybridized carbons (Fsp3) is 0.294. The van der Waals surface area contributed by atoms with Crippen molar-refractivity contribution >= 4 is 0 Å². The van der Waals surface area contributed by atoms with Crippen LogP contribution in [0.2, 0.25) is 0 Å². The minimum Gasteiger partial charge on any atom is -0.493 e. The normalized spacial score (nSPS) is 11.8. The van der Waals surface area contributed by atoms with E-state index in [0.717, 1.165) is 11.1 Å². The maximum Gasteiger partial charge on any atom is 0.203 e. The molecule has 112 valence electrons. The predicted octanol–water partition coefficient (Wildman–Crippen LogP) is 3.45. The lowest BCUT2D eigenvalue weighted by Crippen LogP contribution is -2.07. The number of rotatable bonds is 6. The Hall–Kier alpha value is -2.20. The maximum atomic E-state index is 5.66. The average molecular weight is 288 g/mol. The zero-order valence-corrected chi connectivity index (χ0v) is 12.8. The van der Waals surface area contributed by atoms with Crippen LogP contribution in [0.1, 0.15) is 17.2 Å². The summed E-state index contributed by atoms with van der Waals surface area (Å²) in [7, 11) is 6.47. The smallest absolute Gasteiger partial charge is 0.203 e. The van der Waals surface area contributed by atoms with Crippen LogP contribution in [0.25, 0.3) is 0 Å². The van der Waals surface area contributed by atoms with Crippen LogP contribution in [-0.2, 0) is 4.74 Å². The molecule has 0 saturated carbocycles. The van der Waals surface area contributed by atoms with Crippen LogP contribution in [-0.4, -0.2) is 28.4 Å². The molecule has 0 radical (unpaired) electrons. The first-order valence-corrected chi connectivity index (χ1v) is 6.63. The number of hydrogen-bond donors (Lipinski definition) is 0. The first kappa shape index (κ1) is 15.2. The summed E-state index contributed by atoms with van der Waals surface area (Å²) >= 11 is 0. The minimum absolute atomic E-state index is 0.235. The van der Waals surface area contributed by atoms with Crippen LogP contribution >= 0.6 is 0 Å². The number of hydrogen-bond acceptors (Lipinski definition) is 4. The molecule has 0 amide bonds. The summed E-state index contributed by atoms with van der Waals surface area (Å²) < 4.78 is 21.9. The van der Waals surface area contributed by atoms with E-state index < -0.39 is 0 Å². The van der Waals surface area contributed by atoms with Crippen LogP contribution in [0.3, 0.4) is 0 Å². The van der Waals surface area contributed by atoms with Crippen molar-refractivity contribution in [3.05, 3.63) is 53.6 Å². The van der Waals surface area contributed by atoms with E-state index in [1.807, 2.05) is 42.5 Å². The lowest BCUT2D eigenvalue weighted by molar-refractivity contribution is 0.133. The molecule has 1 atom stereocenters. The molecule has 0 saturated heterocycles. The highest BCUT2D eigenvalue weighted by Crippen LogP contribution is 2.44. The fourth-order valence-corrected chi connectivity index (χ4v) is 2.40. The Labute approximate surface area is 125 Å². The third-order valence-electron chi connectivity index (χ3n) is 3.36. The molecular weight excluding hydrogens is 268 g/mol. The van der Waals surface area contributed by atoms with E-state index in [9.17, 15) is 0 Å². The van der Waals surface area contributed by atoms with Crippen LogP contribution in [0.5, 0.6) is 17.2 Å². The molecule has 4 heteroatoms. The first-order valence-electron chi connectivity index (χ1n) is 6.63. The average Bonchev–Trinajstić information content (AvgIpc) is 2.55. The Morgan fingerprint density at radius 2 is 1.38 bits per heavy atom. The first-order chi connectivity index (χ1) is 10.3. The van der Waals surface area contributed by atoms with Gasteiger partial charge in [0.15, 0.2) is 11.5 Å². The molecule has 1 unspecified atom stereocenters. The van der Waals surface area contributed by atoms with Crippen LogP contribution in [0, 0.1) is 0 Å². The lowest BCUT2D eigenvalue weighted by atomic mass is 9.99. The van der Waals surface area contributed by atoms with Crippen molar-refractivity contribution in [1.29, 1.82) is 0 Å². The summed E-state index contributed by atoms with van der Waals surface area (Å²) in [4.78, 5) is 0. The van der Waals surface area contributed by atoms with Gasteiger partial charge in [0.2, 0.25) is 5.75 Å². The Morgan fingerprint density at radius 1 is 0.714 bits per heavy atom. The molecule has 2 aromatic carbocycles. The molecule has 0 N–H and O–H groups in total. The Kier molecular flexibility index (Phi) is 5.06. The summed E-state index contributed by atoms with van der Waals surface area (Å²) in [6.45, 7) is 0. The van der Waals surface area contributed by atoms with Gasteiger partial charge in [0.05, 0.1) is 21.3 Å². The van der Waals surface area contributed by atoms with Gasteiger partial charge in [-0.1, -0.05) is 30.3 Å². The van der Waals surface area contributed by atoms with E-state index in [2.05, 4.69) is 0 Å². The third-order valence-corrected chi connectivity index (χ3v) is 3.36. The van der Waals surface area contributed by atoms with Gasteiger partial charge in [0, 0.05) is 12.7 Å². The lowest BCUT2D eigenvalue weighted by Gasteiger charge is -2.21. The zero-order valence-electron chi connectivity index (χ0n) is 12.8. The Morgan fingerprint density at radius 3 is 1.90 bits per heavy atom. The van der Waals surface area contributed by atoms with E-state index in [0.29, 0.717) is 17.2 Å². The molecule has 2 rings (SSSR count). The van der Waals surface area contributed by atoms with Gasteiger partial charge < -0.3 is 18.9 Å².